The molecule has 20 heavy (non-hydrogen) atoms. The molecule has 2 aromatic heterocycles. The topological polar surface area (TPSA) is 81.8 Å². The summed E-state index contributed by atoms with van der Waals surface area (Å²) in [6.07, 6.45) is 3.93. The predicted molar refractivity (Wildman–Crippen MR) is 74.7 cm³/mol. The Bertz CT molecular complexity index is 687. The highest BCUT2D eigenvalue weighted by Crippen LogP contribution is 2.12. The molecule has 0 aliphatic carbocycles. The van der Waals surface area contributed by atoms with E-state index in [-0.39, 0.29) is 4.90 Å². The molecule has 0 unspecified atom stereocenters. The molecule has 2 heterocycles. The number of rotatable bonds is 6. The maximum absolute atomic E-state index is 12.1. The first-order chi connectivity index (χ1) is 9.40. The fraction of sp³-hybridized carbons (Fsp3) is 0.500. The lowest BCUT2D eigenvalue weighted by molar-refractivity contribution is 0.546. The highest BCUT2D eigenvalue weighted by molar-refractivity contribution is 7.89. The summed E-state index contributed by atoms with van der Waals surface area (Å²) in [6, 6.07) is 1.92. The number of aromatic nitrogens is 4. The summed E-state index contributed by atoms with van der Waals surface area (Å²) in [4.78, 5) is 0.232. The zero-order chi connectivity index (χ0) is 14.8. The fourth-order valence-corrected chi connectivity index (χ4v) is 3.28. The van der Waals surface area contributed by atoms with Crippen molar-refractivity contribution in [1.29, 1.82) is 0 Å². The van der Waals surface area contributed by atoms with Crippen molar-refractivity contribution in [1.82, 2.24) is 24.3 Å². The standard InChI is InChI=1S/C12H19N5O2S/c1-10-5-7-13-17(10)8-4-6-14-20(18,19)12-9-16(3)15-11(12)2/h5,7,9,14H,4,6,8H2,1-3H3. The molecule has 0 spiro atoms. The molecule has 0 amide bonds. The largest absolute Gasteiger partial charge is 0.274 e. The van der Waals surface area contributed by atoms with Crippen LogP contribution in [0.25, 0.3) is 0 Å². The van der Waals surface area contributed by atoms with Crippen molar-refractivity contribution < 1.29 is 8.42 Å². The fourth-order valence-electron chi connectivity index (χ4n) is 1.99. The maximum Gasteiger partial charge on any atom is 0.243 e. The molecule has 7 nitrogen and oxygen atoms in total. The molecule has 0 atom stereocenters. The van der Waals surface area contributed by atoms with Crippen LogP contribution in [-0.4, -0.2) is 34.5 Å². The SMILES string of the molecule is Cc1nn(C)cc1S(=O)(=O)NCCCn1nccc1C. The minimum atomic E-state index is -3.48. The number of hydrogen-bond acceptors (Lipinski definition) is 4. The van der Waals surface area contributed by atoms with Gasteiger partial charge in [-0.25, -0.2) is 13.1 Å². The van der Waals surface area contributed by atoms with Crippen molar-refractivity contribution in [3.63, 3.8) is 0 Å². The van der Waals surface area contributed by atoms with Gasteiger partial charge in [0, 0.05) is 38.2 Å². The van der Waals surface area contributed by atoms with E-state index in [1.165, 1.54) is 10.9 Å². The monoisotopic (exact) mass is 297 g/mol. The number of nitrogens with one attached hydrogen (secondary N) is 1. The molecule has 0 radical (unpaired) electrons. The van der Waals surface area contributed by atoms with E-state index in [0.29, 0.717) is 25.2 Å². The van der Waals surface area contributed by atoms with Crippen LogP contribution in [0.4, 0.5) is 0 Å². The summed E-state index contributed by atoms with van der Waals surface area (Å²) >= 11 is 0. The van der Waals surface area contributed by atoms with E-state index in [1.54, 1.807) is 20.2 Å². The summed E-state index contributed by atoms with van der Waals surface area (Å²) in [7, 11) is -1.78. The van der Waals surface area contributed by atoms with E-state index in [1.807, 2.05) is 17.7 Å². The third kappa shape index (κ3) is 3.26. The van der Waals surface area contributed by atoms with Crippen molar-refractivity contribution >= 4 is 10.0 Å². The Hall–Kier alpha value is -1.67. The van der Waals surface area contributed by atoms with Crippen LogP contribution in [0.2, 0.25) is 0 Å². The van der Waals surface area contributed by atoms with Gasteiger partial charge in [-0.1, -0.05) is 0 Å². The molecule has 0 aliphatic heterocycles. The number of aryl methyl sites for hydroxylation is 4. The zero-order valence-electron chi connectivity index (χ0n) is 11.9. The number of sulfonamides is 1. The summed E-state index contributed by atoms with van der Waals surface area (Å²) in [5, 5.41) is 8.19. The average molecular weight is 297 g/mol. The summed E-state index contributed by atoms with van der Waals surface area (Å²) in [6.45, 7) is 4.71. The van der Waals surface area contributed by atoms with Crippen LogP contribution in [0.5, 0.6) is 0 Å². The molecule has 0 aliphatic rings. The molecule has 1 N–H and O–H groups in total. The first kappa shape index (κ1) is 14.7. The van der Waals surface area contributed by atoms with Crippen LogP contribution < -0.4 is 4.72 Å². The highest BCUT2D eigenvalue weighted by atomic mass is 32.2. The lowest BCUT2D eigenvalue weighted by Gasteiger charge is -2.07. The van der Waals surface area contributed by atoms with Crippen LogP contribution in [0.1, 0.15) is 17.8 Å². The van der Waals surface area contributed by atoms with Crippen molar-refractivity contribution in [2.24, 2.45) is 7.05 Å². The van der Waals surface area contributed by atoms with Crippen LogP contribution >= 0.6 is 0 Å². The molecule has 0 saturated heterocycles. The summed E-state index contributed by atoms with van der Waals surface area (Å²) in [5.41, 5.74) is 1.57. The molecule has 110 valence electrons. The summed E-state index contributed by atoms with van der Waals surface area (Å²) in [5.74, 6) is 0. The van der Waals surface area contributed by atoms with Gasteiger partial charge >= 0.3 is 0 Å². The number of nitrogens with zero attached hydrogens (tertiary/aromatic N) is 4. The Kier molecular flexibility index (Phi) is 4.24. The van der Waals surface area contributed by atoms with Gasteiger partial charge in [-0.05, 0) is 26.3 Å². The Morgan fingerprint density at radius 2 is 2.10 bits per heavy atom. The van der Waals surface area contributed by atoms with Crippen LogP contribution in [-0.2, 0) is 23.6 Å². The Morgan fingerprint density at radius 1 is 1.35 bits per heavy atom. The first-order valence-corrected chi connectivity index (χ1v) is 7.87. The second kappa shape index (κ2) is 5.76. The molecule has 2 rings (SSSR count). The number of hydrogen-bond donors (Lipinski definition) is 1. The second-order valence-electron chi connectivity index (χ2n) is 4.70. The molecule has 0 fully saturated rings. The van der Waals surface area contributed by atoms with Gasteiger partial charge in [-0.2, -0.15) is 10.2 Å². The minimum Gasteiger partial charge on any atom is -0.274 e. The van der Waals surface area contributed by atoms with Gasteiger partial charge in [0.05, 0.1) is 5.69 Å². The first-order valence-electron chi connectivity index (χ1n) is 6.38. The molecular weight excluding hydrogens is 278 g/mol. The third-order valence-electron chi connectivity index (χ3n) is 3.03. The van der Waals surface area contributed by atoms with Crippen molar-refractivity contribution in [3.8, 4) is 0 Å². The van der Waals surface area contributed by atoms with Gasteiger partial charge < -0.3 is 0 Å². The Labute approximate surface area is 118 Å². The second-order valence-corrected chi connectivity index (χ2v) is 6.43. The van der Waals surface area contributed by atoms with Crippen molar-refractivity contribution in [3.05, 3.63) is 29.8 Å². The lowest BCUT2D eigenvalue weighted by atomic mass is 10.4. The summed E-state index contributed by atoms with van der Waals surface area (Å²) < 4.78 is 30.2. The van der Waals surface area contributed by atoms with Crippen molar-refractivity contribution in [2.45, 2.75) is 31.7 Å². The van der Waals surface area contributed by atoms with Crippen LogP contribution in [0.3, 0.4) is 0 Å². The smallest absolute Gasteiger partial charge is 0.243 e. The van der Waals surface area contributed by atoms with Gasteiger partial charge in [0.25, 0.3) is 0 Å². The van der Waals surface area contributed by atoms with Gasteiger partial charge in [0.15, 0.2) is 0 Å². The predicted octanol–water partition coefficient (Wildman–Crippen LogP) is 0.602. The quantitative estimate of drug-likeness (QED) is 0.792. The molecular formula is C12H19N5O2S. The highest BCUT2D eigenvalue weighted by Gasteiger charge is 2.18. The van der Waals surface area contributed by atoms with E-state index in [4.69, 9.17) is 0 Å². The normalized spacial score (nSPS) is 11.9. The van der Waals surface area contributed by atoms with E-state index in [2.05, 4.69) is 14.9 Å². The van der Waals surface area contributed by atoms with Crippen molar-refractivity contribution in [2.75, 3.05) is 6.54 Å². The Balaban J connectivity index is 1.90. The van der Waals surface area contributed by atoms with Crippen LogP contribution in [0.15, 0.2) is 23.4 Å². The molecule has 2 aromatic rings. The van der Waals surface area contributed by atoms with E-state index in [0.717, 1.165) is 5.69 Å². The Morgan fingerprint density at radius 3 is 2.65 bits per heavy atom. The third-order valence-corrected chi connectivity index (χ3v) is 4.59. The average Bonchev–Trinajstić information content (AvgIpc) is 2.91. The minimum absolute atomic E-state index is 0.232. The van der Waals surface area contributed by atoms with Crippen LogP contribution in [0, 0.1) is 13.8 Å². The van der Waals surface area contributed by atoms with Gasteiger partial charge in [0.2, 0.25) is 10.0 Å². The van der Waals surface area contributed by atoms with Gasteiger partial charge in [-0.15, -0.1) is 0 Å². The van der Waals surface area contributed by atoms with E-state index < -0.39 is 10.0 Å². The van der Waals surface area contributed by atoms with Gasteiger partial charge in [-0.3, -0.25) is 9.36 Å². The lowest BCUT2D eigenvalue weighted by Crippen LogP contribution is -2.26. The molecule has 8 heteroatoms. The van der Waals surface area contributed by atoms with E-state index >= 15 is 0 Å². The molecule has 0 aromatic carbocycles. The molecule has 0 bridgehead atoms. The zero-order valence-corrected chi connectivity index (χ0v) is 12.7. The molecule has 0 saturated carbocycles. The maximum atomic E-state index is 12.1. The van der Waals surface area contributed by atoms with E-state index in [9.17, 15) is 8.42 Å². The van der Waals surface area contributed by atoms with Gasteiger partial charge in [0.1, 0.15) is 4.90 Å².